The molecule has 2 atom stereocenters. The van der Waals surface area contributed by atoms with Gasteiger partial charge in [-0.25, -0.2) is 0 Å². The number of likely N-dealkylation sites (tertiary alicyclic amines) is 1. The lowest BCUT2D eigenvalue weighted by Crippen LogP contribution is -2.51. The van der Waals surface area contributed by atoms with Crippen LogP contribution in [0.15, 0.2) is 0 Å². The molecule has 0 bridgehead atoms. The van der Waals surface area contributed by atoms with Gasteiger partial charge in [-0.15, -0.1) is 0 Å². The first kappa shape index (κ1) is 18.0. The highest BCUT2D eigenvalue weighted by atomic mass is 19.4. The van der Waals surface area contributed by atoms with Crippen LogP contribution in [0, 0.1) is 11.3 Å². The van der Waals surface area contributed by atoms with E-state index in [4.69, 9.17) is 4.74 Å². The molecule has 2 heterocycles. The maximum Gasteiger partial charge on any atom is 0.406 e. The van der Waals surface area contributed by atoms with Gasteiger partial charge in [-0.3, -0.25) is 9.59 Å². The van der Waals surface area contributed by atoms with Crippen LogP contribution in [0.4, 0.5) is 13.2 Å². The molecule has 2 rings (SSSR count). The number of carbonyl (C=O) groups is 2. The summed E-state index contributed by atoms with van der Waals surface area (Å²) in [5, 5.41) is 0. The van der Waals surface area contributed by atoms with Crippen molar-refractivity contribution in [2.75, 3.05) is 32.8 Å². The van der Waals surface area contributed by atoms with E-state index in [0.717, 1.165) is 4.90 Å². The lowest BCUT2D eigenvalue weighted by atomic mass is 9.88. The second-order valence-corrected chi connectivity index (χ2v) is 7.30. The number of hydrogen-bond donors (Lipinski definition) is 0. The first-order chi connectivity index (χ1) is 10.5. The van der Waals surface area contributed by atoms with Gasteiger partial charge in [0.2, 0.25) is 11.8 Å². The third kappa shape index (κ3) is 4.59. The van der Waals surface area contributed by atoms with Crippen LogP contribution in [0.25, 0.3) is 0 Å². The van der Waals surface area contributed by atoms with Crippen LogP contribution in [-0.4, -0.2) is 66.7 Å². The smallest absolute Gasteiger partial charge is 0.374 e. The summed E-state index contributed by atoms with van der Waals surface area (Å²) in [5.41, 5.74) is -0.132. The zero-order valence-electron chi connectivity index (χ0n) is 13.7. The Hall–Kier alpha value is -1.31. The lowest BCUT2D eigenvalue weighted by Gasteiger charge is -2.40. The van der Waals surface area contributed by atoms with Gasteiger partial charge in [0.1, 0.15) is 6.54 Å². The normalized spacial score (nSPS) is 26.8. The zero-order chi connectivity index (χ0) is 17.4. The van der Waals surface area contributed by atoms with Gasteiger partial charge in [0, 0.05) is 26.1 Å². The minimum Gasteiger partial charge on any atom is -0.374 e. The van der Waals surface area contributed by atoms with Crippen molar-refractivity contribution in [1.82, 2.24) is 9.80 Å². The maximum absolute atomic E-state index is 12.5. The zero-order valence-corrected chi connectivity index (χ0v) is 13.7. The number of carbonyl (C=O) groups excluding carboxylic acids is 2. The largest absolute Gasteiger partial charge is 0.406 e. The fraction of sp³-hybridized carbons (Fsp3) is 0.867. The lowest BCUT2D eigenvalue weighted by molar-refractivity contribution is -0.157. The predicted molar refractivity (Wildman–Crippen MR) is 76.5 cm³/mol. The SMILES string of the molecule is CC(C)(C)[C@H]1CN(C(=O)[C@@H]2CC(=O)N(CC(F)(F)F)C2)CCO1. The Morgan fingerprint density at radius 1 is 1.26 bits per heavy atom. The number of halogens is 3. The molecule has 0 radical (unpaired) electrons. The topological polar surface area (TPSA) is 49.9 Å². The molecule has 23 heavy (non-hydrogen) atoms. The molecule has 2 aliphatic rings. The van der Waals surface area contributed by atoms with Crippen LogP contribution in [0.1, 0.15) is 27.2 Å². The van der Waals surface area contributed by atoms with Crippen LogP contribution >= 0.6 is 0 Å². The molecule has 0 saturated carbocycles. The van der Waals surface area contributed by atoms with E-state index in [2.05, 4.69) is 0 Å². The van der Waals surface area contributed by atoms with Crippen LogP contribution in [0.2, 0.25) is 0 Å². The van der Waals surface area contributed by atoms with E-state index >= 15 is 0 Å². The van der Waals surface area contributed by atoms with Crippen molar-refractivity contribution in [2.45, 2.75) is 39.5 Å². The molecule has 0 unspecified atom stereocenters. The number of alkyl halides is 3. The summed E-state index contributed by atoms with van der Waals surface area (Å²) in [7, 11) is 0. The number of rotatable bonds is 2. The highest BCUT2D eigenvalue weighted by Crippen LogP contribution is 2.28. The molecular formula is C15H23F3N2O3. The highest BCUT2D eigenvalue weighted by molar-refractivity contribution is 5.89. The Labute approximate surface area is 133 Å². The van der Waals surface area contributed by atoms with Crippen molar-refractivity contribution in [3.8, 4) is 0 Å². The highest BCUT2D eigenvalue weighted by Gasteiger charge is 2.43. The number of amides is 2. The van der Waals surface area contributed by atoms with Crippen molar-refractivity contribution in [2.24, 2.45) is 11.3 Å². The predicted octanol–water partition coefficient (Wildman–Crippen LogP) is 1.67. The number of ether oxygens (including phenoxy) is 1. The van der Waals surface area contributed by atoms with E-state index < -0.39 is 24.5 Å². The Morgan fingerprint density at radius 3 is 2.48 bits per heavy atom. The van der Waals surface area contributed by atoms with Crippen molar-refractivity contribution in [3.05, 3.63) is 0 Å². The van der Waals surface area contributed by atoms with E-state index in [9.17, 15) is 22.8 Å². The molecule has 0 spiro atoms. The Balaban J connectivity index is 1.97. The van der Waals surface area contributed by atoms with Crippen molar-refractivity contribution in [3.63, 3.8) is 0 Å². The fourth-order valence-electron chi connectivity index (χ4n) is 2.94. The van der Waals surface area contributed by atoms with Crippen LogP contribution < -0.4 is 0 Å². The van der Waals surface area contributed by atoms with E-state index in [1.54, 1.807) is 4.90 Å². The third-order valence-corrected chi connectivity index (χ3v) is 4.28. The molecule has 5 nitrogen and oxygen atoms in total. The molecule has 2 fully saturated rings. The van der Waals surface area contributed by atoms with Crippen LogP contribution in [-0.2, 0) is 14.3 Å². The molecule has 2 saturated heterocycles. The van der Waals surface area contributed by atoms with E-state index in [1.165, 1.54) is 0 Å². The van der Waals surface area contributed by atoms with Gasteiger partial charge in [0.05, 0.1) is 18.6 Å². The summed E-state index contributed by atoms with van der Waals surface area (Å²) < 4.78 is 43.0. The number of hydrogen-bond acceptors (Lipinski definition) is 3. The van der Waals surface area contributed by atoms with Crippen molar-refractivity contribution < 1.29 is 27.5 Å². The number of nitrogens with zero attached hydrogens (tertiary/aromatic N) is 2. The van der Waals surface area contributed by atoms with Gasteiger partial charge in [0.25, 0.3) is 0 Å². The van der Waals surface area contributed by atoms with Gasteiger partial charge in [-0.1, -0.05) is 20.8 Å². The standard InChI is InChI=1S/C15H23F3N2O3/c1-14(2,3)11-8-19(4-5-23-11)13(22)10-6-12(21)20(7-10)9-15(16,17)18/h10-11H,4-9H2,1-3H3/t10-,11-/m1/s1. The fourth-order valence-corrected chi connectivity index (χ4v) is 2.94. The molecule has 8 heteroatoms. The molecule has 0 N–H and O–H groups in total. The second kappa shape index (κ2) is 6.30. The number of morpholine rings is 1. The average Bonchev–Trinajstić information content (AvgIpc) is 2.76. The van der Waals surface area contributed by atoms with Gasteiger partial charge in [-0.05, 0) is 5.41 Å². The van der Waals surface area contributed by atoms with E-state index in [0.29, 0.717) is 19.7 Å². The van der Waals surface area contributed by atoms with Crippen molar-refractivity contribution >= 4 is 11.8 Å². The van der Waals surface area contributed by atoms with Gasteiger partial charge < -0.3 is 14.5 Å². The molecule has 132 valence electrons. The Bertz CT molecular complexity index is 474. The molecule has 2 amide bonds. The summed E-state index contributed by atoms with van der Waals surface area (Å²) in [6.45, 7) is 5.81. The Kier molecular flexibility index (Phi) is 4.94. The van der Waals surface area contributed by atoms with Crippen LogP contribution in [0.5, 0.6) is 0 Å². The first-order valence-corrected chi connectivity index (χ1v) is 7.72. The van der Waals surface area contributed by atoms with Gasteiger partial charge >= 0.3 is 6.18 Å². The third-order valence-electron chi connectivity index (χ3n) is 4.28. The first-order valence-electron chi connectivity index (χ1n) is 7.72. The van der Waals surface area contributed by atoms with E-state index in [1.807, 2.05) is 20.8 Å². The Morgan fingerprint density at radius 2 is 1.91 bits per heavy atom. The quantitative estimate of drug-likeness (QED) is 0.771. The minimum atomic E-state index is -4.44. The monoisotopic (exact) mass is 336 g/mol. The molecule has 0 aromatic heterocycles. The second-order valence-electron chi connectivity index (χ2n) is 7.30. The summed E-state index contributed by atoms with van der Waals surface area (Å²) in [5.74, 6) is -1.55. The van der Waals surface area contributed by atoms with Crippen molar-refractivity contribution in [1.29, 1.82) is 0 Å². The summed E-state index contributed by atoms with van der Waals surface area (Å²) >= 11 is 0. The molecule has 2 aliphatic heterocycles. The van der Waals surface area contributed by atoms with Crippen LogP contribution in [0.3, 0.4) is 0 Å². The minimum absolute atomic E-state index is 0.122. The molecule has 0 aromatic rings. The molecular weight excluding hydrogens is 313 g/mol. The average molecular weight is 336 g/mol. The van der Waals surface area contributed by atoms with E-state index in [-0.39, 0.29) is 30.4 Å². The maximum atomic E-state index is 12.5. The van der Waals surface area contributed by atoms with Gasteiger partial charge in [0.15, 0.2) is 0 Å². The van der Waals surface area contributed by atoms with Gasteiger partial charge in [-0.2, -0.15) is 13.2 Å². The summed E-state index contributed by atoms with van der Waals surface area (Å²) in [6.07, 6.45) is -4.71. The summed E-state index contributed by atoms with van der Waals surface area (Å²) in [6, 6.07) is 0. The molecule has 0 aromatic carbocycles. The summed E-state index contributed by atoms with van der Waals surface area (Å²) in [4.78, 5) is 26.6. The molecule has 0 aliphatic carbocycles.